The molecule has 0 saturated heterocycles. The van der Waals surface area contributed by atoms with Crippen LogP contribution in [0.1, 0.15) is 18.4 Å². The van der Waals surface area contributed by atoms with Crippen LogP contribution in [0.25, 0.3) is 0 Å². The van der Waals surface area contributed by atoms with Gasteiger partial charge in [0.2, 0.25) is 0 Å². The molecule has 0 radical (unpaired) electrons. The van der Waals surface area contributed by atoms with Crippen LogP contribution in [0.2, 0.25) is 0 Å². The maximum atomic E-state index is 9.94. The van der Waals surface area contributed by atoms with Gasteiger partial charge in [-0.2, -0.15) is 0 Å². The molecule has 1 aromatic rings. The molecule has 0 amide bonds. The number of carbonyl (C=O) groups is 1. The number of carbonyl (C=O) groups excluding carboxylic acids is 1. The zero-order chi connectivity index (χ0) is 9.36. The Morgan fingerprint density at radius 3 is 2.62 bits per heavy atom. The number of aryl methyl sites for hydroxylation is 1. The Morgan fingerprint density at radius 1 is 1.15 bits per heavy atom. The molecule has 0 bridgehead atoms. The third-order valence-electron chi connectivity index (χ3n) is 1.69. The van der Waals surface area contributed by atoms with Crippen molar-refractivity contribution in [2.75, 3.05) is 0 Å². The molecule has 13 heavy (non-hydrogen) atoms. The molecule has 0 aliphatic carbocycles. The highest BCUT2D eigenvalue weighted by molar-refractivity contribution is 5.53. The topological polar surface area (TPSA) is 17.1 Å². The van der Waals surface area contributed by atoms with Crippen molar-refractivity contribution in [2.24, 2.45) is 0 Å². The molecular formula is C12H12O. The predicted molar refractivity (Wildman–Crippen MR) is 53.2 cm³/mol. The van der Waals surface area contributed by atoms with Crippen molar-refractivity contribution in [1.29, 1.82) is 0 Å². The van der Waals surface area contributed by atoms with Crippen molar-refractivity contribution in [3.8, 4) is 11.8 Å². The minimum absolute atomic E-state index is 0.356. The van der Waals surface area contributed by atoms with E-state index in [4.69, 9.17) is 0 Å². The molecule has 0 heterocycles. The Hall–Kier alpha value is -1.55. The summed E-state index contributed by atoms with van der Waals surface area (Å²) in [6.07, 6.45) is 2.98. The van der Waals surface area contributed by atoms with E-state index in [1.54, 1.807) is 0 Å². The highest BCUT2D eigenvalue weighted by Crippen LogP contribution is 2.00. The van der Waals surface area contributed by atoms with Gasteiger partial charge in [-0.3, -0.25) is 0 Å². The molecule has 1 rings (SSSR count). The zero-order valence-corrected chi connectivity index (χ0v) is 7.49. The second-order valence-corrected chi connectivity index (χ2v) is 2.71. The molecule has 0 saturated carbocycles. The number of aldehydes is 1. The Balaban J connectivity index is 2.29. The zero-order valence-electron chi connectivity index (χ0n) is 7.49. The Labute approximate surface area is 78.8 Å². The third-order valence-corrected chi connectivity index (χ3v) is 1.69. The second-order valence-electron chi connectivity index (χ2n) is 2.71. The first-order valence-electron chi connectivity index (χ1n) is 4.37. The molecule has 0 aromatic heterocycles. The smallest absolute Gasteiger partial charge is 0.131 e. The van der Waals surface area contributed by atoms with Crippen LogP contribution in [0.15, 0.2) is 30.3 Å². The summed E-state index contributed by atoms with van der Waals surface area (Å²) in [7, 11) is 0. The number of rotatable bonds is 3. The fraction of sp³-hybridized carbons (Fsp3) is 0.250. The molecule has 66 valence electrons. The van der Waals surface area contributed by atoms with Gasteiger partial charge in [0, 0.05) is 6.42 Å². The van der Waals surface area contributed by atoms with Crippen LogP contribution < -0.4 is 0 Å². The molecule has 0 atom stereocenters. The van der Waals surface area contributed by atoms with E-state index >= 15 is 0 Å². The number of benzene rings is 1. The van der Waals surface area contributed by atoms with E-state index in [-0.39, 0.29) is 0 Å². The summed E-state index contributed by atoms with van der Waals surface area (Å²) in [6, 6.07) is 10.2. The third kappa shape index (κ3) is 4.12. The van der Waals surface area contributed by atoms with Gasteiger partial charge in [-0.25, -0.2) is 0 Å². The van der Waals surface area contributed by atoms with Gasteiger partial charge in [-0.05, 0) is 12.0 Å². The van der Waals surface area contributed by atoms with Crippen LogP contribution in [0.4, 0.5) is 0 Å². The fourth-order valence-electron chi connectivity index (χ4n) is 1.05. The van der Waals surface area contributed by atoms with Gasteiger partial charge in [0.15, 0.2) is 0 Å². The predicted octanol–water partition coefficient (Wildman–Crippen LogP) is 2.21. The summed E-state index contributed by atoms with van der Waals surface area (Å²) < 4.78 is 0. The molecule has 0 N–H and O–H groups in total. The molecular weight excluding hydrogens is 160 g/mol. The molecule has 1 nitrogen and oxygen atoms in total. The first-order valence-corrected chi connectivity index (χ1v) is 4.37. The average molecular weight is 172 g/mol. The highest BCUT2D eigenvalue weighted by Gasteiger charge is 1.87. The van der Waals surface area contributed by atoms with Gasteiger partial charge in [0.25, 0.3) is 0 Å². The van der Waals surface area contributed by atoms with E-state index in [0.717, 1.165) is 19.1 Å². The Bertz CT molecular complexity index is 303. The summed E-state index contributed by atoms with van der Waals surface area (Å²) in [5.41, 5.74) is 1.29. The minimum atomic E-state index is 0.356. The van der Waals surface area contributed by atoms with Crippen LogP contribution >= 0.6 is 0 Å². The van der Waals surface area contributed by atoms with E-state index in [0.29, 0.717) is 6.42 Å². The maximum absolute atomic E-state index is 9.94. The second kappa shape index (κ2) is 6.02. The average Bonchev–Trinajstić information content (AvgIpc) is 2.19. The quantitative estimate of drug-likeness (QED) is 0.504. The van der Waals surface area contributed by atoms with Crippen molar-refractivity contribution >= 4 is 6.29 Å². The number of hydrogen-bond donors (Lipinski definition) is 0. The van der Waals surface area contributed by atoms with E-state index in [2.05, 4.69) is 24.0 Å². The normalized spacial score (nSPS) is 8.62. The summed E-state index contributed by atoms with van der Waals surface area (Å²) in [4.78, 5) is 9.94. The van der Waals surface area contributed by atoms with Crippen LogP contribution in [-0.2, 0) is 11.2 Å². The molecule has 1 heteroatoms. The lowest BCUT2D eigenvalue weighted by Crippen LogP contribution is -1.81. The summed E-state index contributed by atoms with van der Waals surface area (Å²) in [5.74, 6) is 5.74. The standard InChI is InChI=1S/C12H12O/c13-11-7-2-1-4-8-12-9-5-3-6-10-12/h3,5-6,9-11H,4,7-8H2. The Morgan fingerprint density at radius 2 is 1.92 bits per heavy atom. The van der Waals surface area contributed by atoms with Gasteiger partial charge < -0.3 is 4.79 Å². The summed E-state index contributed by atoms with van der Waals surface area (Å²) in [5, 5.41) is 0. The first-order chi connectivity index (χ1) is 6.43. The molecule has 0 spiro atoms. The fourth-order valence-corrected chi connectivity index (χ4v) is 1.05. The van der Waals surface area contributed by atoms with Crippen molar-refractivity contribution < 1.29 is 4.79 Å². The summed E-state index contributed by atoms with van der Waals surface area (Å²) in [6.45, 7) is 0. The van der Waals surface area contributed by atoms with Crippen LogP contribution in [0, 0.1) is 11.8 Å². The van der Waals surface area contributed by atoms with E-state index in [9.17, 15) is 4.79 Å². The van der Waals surface area contributed by atoms with Gasteiger partial charge in [0.05, 0.1) is 6.42 Å². The van der Waals surface area contributed by atoms with E-state index in [1.807, 2.05) is 18.2 Å². The largest absolute Gasteiger partial charge is 0.302 e. The van der Waals surface area contributed by atoms with Crippen molar-refractivity contribution in [3.05, 3.63) is 35.9 Å². The van der Waals surface area contributed by atoms with Crippen molar-refractivity contribution in [2.45, 2.75) is 19.3 Å². The van der Waals surface area contributed by atoms with Crippen molar-refractivity contribution in [1.82, 2.24) is 0 Å². The lowest BCUT2D eigenvalue weighted by molar-refractivity contribution is -0.107. The highest BCUT2D eigenvalue weighted by atomic mass is 16.1. The van der Waals surface area contributed by atoms with E-state index in [1.165, 1.54) is 5.56 Å². The Kier molecular flexibility index (Phi) is 4.42. The van der Waals surface area contributed by atoms with Gasteiger partial charge >= 0.3 is 0 Å². The van der Waals surface area contributed by atoms with E-state index < -0.39 is 0 Å². The molecule has 0 aliphatic rings. The maximum Gasteiger partial charge on any atom is 0.131 e. The lowest BCUT2D eigenvalue weighted by atomic mass is 10.1. The first kappa shape index (κ1) is 9.54. The van der Waals surface area contributed by atoms with Gasteiger partial charge in [-0.1, -0.05) is 36.3 Å². The molecule has 0 unspecified atom stereocenters. The minimum Gasteiger partial charge on any atom is -0.302 e. The molecule has 0 fully saturated rings. The van der Waals surface area contributed by atoms with Crippen LogP contribution in [0.5, 0.6) is 0 Å². The van der Waals surface area contributed by atoms with Crippen LogP contribution in [-0.4, -0.2) is 6.29 Å². The summed E-state index contributed by atoms with van der Waals surface area (Å²) >= 11 is 0. The van der Waals surface area contributed by atoms with Gasteiger partial charge in [0.1, 0.15) is 6.29 Å². The van der Waals surface area contributed by atoms with Crippen molar-refractivity contribution in [3.63, 3.8) is 0 Å². The number of hydrogen-bond acceptors (Lipinski definition) is 1. The molecule has 0 aliphatic heterocycles. The SMILES string of the molecule is O=CCC#CCCc1ccccc1. The van der Waals surface area contributed by atoms with Crippen LogP contribution in [0.3, 0.4) is 0 Å². The molecule has 1 aromatic carbocycles. The lowest BCUT2D eigenvalue weighted by Gasteiger charge is -1.94. The monoisotopic (exact) mass is 172 g/mol. The van der Waals surface area contributed by atoms with Gasteiger partial charge in [-0.15, -0.1) is 5.92 Å².